The Morgan fingerprint density at radius 2 is 2.38 bits per heavy atom. The summed E-state index contributed by atoms with van der Waals surface area (Å²) < 4.78 is 15.5. The number of amides is 1. The molecular weight excluding hydrogens is 327 g/mol. The molecule has 1 aromatic carbocycles. The van der Waals surface area contributed by atoms with Gasteiger partial charge in [0.15, 0.2) is 4.96 Å². The van der Waals surface area contributed by atoms with E-state index in [0.29, 0.717) is 13.1 Å². The number of fused-ring (bicyclic) bond motifs is 1. The first-order chi connectivity index (χ1) is 11.7. The van der Waals surface area contributed by atoms with Crippen molar-refractivity contribution < 1.29 is 9.18 Å². The van der Waals surface area contributed by atoms with E-state index in [9.17, 15) is 9.18 Å². The van der Waals surface area contributed by atoms with E-state index in [1.807, 2.05) is 33.1 Å². The normalized spacial score (nSPS) is 18.2. The number of carbonyl (C=O) groups is 1. The third kappa shape index (κ3) is 2.92. The zero-order valence-electron chi connectivity index (χ0n) is 13.0. The number of rotatable bonds is 3. The molecule has 24 heavy (non-hydrogen) atoms. The van der Waals surface area contributed by atoms with Crippen LogP contribution in [0.3, 0.4) is 0 Å². The van der Waals surface area contributed by atoms with Crippen LogP contribution in [0.25, 0.3) is 4.96 Å². The van der Waals surface area contributed by atoms with E-state index in [1.54, 1.807) is 17.4 Å². The highest BCUT2D eigenvalue weighted by molar-refractivity contribution is 7.15. The molecule has 1 fully saturated rings. The summed E-state index contributed by atoms with van der Waals surface area (Å²) in [5.41, 5.74) is 1.59. The predicted molar refractivity (Wildman–Crippen MR) is 90.5 cm³/mol. The average Bonchev–Trinajstić information content (AvgIpc) is 3.16. The lowest BCUT2D eigenvalue weighted by Gasteiger charge is -2.36. The maximum Gasteiger partial charge on any atom is 0.229 e. The van der Waals surface area contributed by atoms with E-state index in [4.69, 9.17) is 0 Å². The summed E-state index contributed by atoms with van der Waals surface area (Å²) in [6.45, 7) is 1.99. The summed E-state index contributed by atoms with van der Waals surface area (Å²) >= 11 is 1.55. The minimum atomic E-state index is -0.278. The number of aromatic nitrogens is 2. The van der Waals surface area contributed by atoms with Crippen LogP contribution in [0, 0.1) is 5.82 Å². The summed E-state index contributed by atoms with van der Waals surface area (Å²) in [4.78, 5) is 20.0. The van der Waals surface area contributed by atoms with Crippen molar-refractivity contribution in [2.24, 2.45) is 0 Å². The number of benzene rings is 1. The lowest BCUT2D eigenvalue weighted by molar-refractivity contribution is -0.133. The first-order valence-corrected chi connectivity index (χ1v) is 8.75. The second-order valence-corrected chi connectivity index (χ2v) is 6.74. The number of halogens is 1. The fraction of sp³-hybridized carbons (Fsp3) is 0.294. The molecule has 3 aromatic rings. The molecule has 0 radical (unpaired) electrons. The van der Waals surface area contributed by atoms with Crippen molar-refractivity contribution in [3.8, 4) is 0 Å². The lowest BCUT2D eigenvalue weighted by Crippen LogP contribution is -2.49. The summed E-state index contributed by atoms with van der Waals surface area (Å²) in [7, 11) is 0. The number of thiazole rings is 1. The highest BCUT2D eigenvalue weighted by Gasteiger charge is 2.28. The van der Waals surface area contributed by atoms with Crippen molar-refractivity contribution in [2.45, 2.75) is 12.5 Å². The molecule has 1 N–H and O–H groups in total. The summed E-state index contributed by atoms with van der Waals surface area (Å²) in [5, 5.41) is 5.25. The van der Waals surface area contributed by atoms with E-state index in [-0.39, 0.29) is 24.2 Å². The number of imidazole rings is 1. The zero-order chi connectivity index (χ0) is 16.5. The second kappa shape index (κ2) is 6.33. The first-order valence-electron chi connectivity index (χ1n) is 7.87. The summed E-state index contributed by atoms with van der Waals surface area (Å²) in [6.07, 6.45) is 4.09. The SMILES string of the molecule is O=C(Cc1cn2ccsc2n1)N1CCNCC1c1cccc(F)c1. The van der Waals surface area contributed by atoms with Crippen LogP contribution in [0.15, 0.2) is 42.0 Å². The molecule has 2 aromatic heterocycles. The Morgan fingerprint density at radius 1 is 1.46 bits per heavy atom. The topological polar surface area (TPSA) is 49.6 Å². The van der Waals surface area contributed by atoms with E-state index in [0.717, 1.165) is 22.8 Å². The Balaban J connectivity index is 1.55. The molecule has 5 nitrogen and oxygen atoms in total. The van der Waals surface area contributed by atoms with Crippen LogP contribution >= 0.6 is 11.3 Å². The highest BCUT2D eigenvalue weighted by Crippen LogP contribution is 2.24. The average molecular weight is 344 g/mol. The minimum absolute atomic E-state index is 0.0246. The van der Waals surface area contributed by atoms with Crippen LogP contribution < -0.4 is 5.32 Å². The molecule has 3 heterocycles. The molecule has 7 heteroatoms. The maximum atomic E-state index is 13.5. The molecule has 124 valence electrons. The first kappa shape index (κ1) is 15.3. The molecule has 1 saturated heterocycles. The van der Waals surface area contributed by atoms with Crippen molar-refractivity contribution in [1.29, 1.82) is 0 Å². The summed E-state index contributed by atoms with van der Waals surface area (Å²) in [5.74, 6) is -0.253. The Kier molecular flexibility index (Phi) is 4.03. The largest absolute Gasteiger partial charge is 0.333 e. The molecule has 1 amide bonds. The second-order valence-electron chi connectivity index (χ2n) is 5.86. The number of piperazine rings is 1. The van der Waals surface area contributed by atoms with Gasteiger partial charge >= 0.3 is 0 Å². The Labute approximate surface area is 142 Å². The molecule has 1 atom stereocenters. The monoisotopic (exact) mass is 344 g/mol. The zero-order valence-corrected chi connectivity index (χ0v) is 13.8. The van der Waals surface area contributed by atoms with Gasteiger partial charge in [-0.15, -0.1) is 11.3 Å². The fourth-order valence-electron chi connectivity index (χ4n) is 3.13. The summed E-state index contributed by atoms with van der Waals surface area (Å²) in [6, 6.07) is 6.33. The number of hydrogen-bond donors (Lipinski definition) is 1. The van der Waals surface area contributed by atoms with Gasteiger partial charge in [0, 0.05) is 37.4 Å². The number of nitrogens with one attached hydrogen (secondary N) is 1. The molecule has 1 aliphatic rings. The van der Waals surface area contributed by atoms with Gasteiger partial charge in [-0.2, -0.15) is 0 Å². The van der Waals surface area contributed by atoms with Gasteiger partial charge in [-0.3, -0.25) is 9.20 Å². The maximum absolute atomic E-state index is 13.5. The number of nitrogens with zero attached hydrogens (tertiary/aromatic N) is 3. The van der Waals surface area contributed by atoms with Gasteiger partial charge in [-0.25, -0.2) is 9.37 Å². The van der Waals surface area contributed by atoms with Crippen LogP contribution in [0.4, 0.5) is 4.39 Å². The molecule has 1 aliphatic heterocycles. The van der Waals surface area contributed by atoms with Gasteiger partial charge < -0.3 is 10.2 Å². The van der Waals surface area contributed by atoms with Gasteiger partial charge in [0.1, 0.15) is 5.82 Å². The molecule has 1 unspecified atom stereocenters. The van der Waals surface area contributed by atoms with Crippen molar-refractivity contribution in [2.75, 3.05) is 19.6 Å². The third-order valence-electron chi connectivity index (χ3n) is 4.27. The van der Waals surface area contributed by atoms with Crippen molar-refractivity contribution in [1.82, 2.24) is 19.6 Å². The van der Waals surface area contributed by atoms with Crippen LogP contribution in [0.5, 0.6) is 0 Å². The number of carbonyl (C=O) groups excluding carboxylic acids is 1. The van der Waals surface area contributed by atoms with Gasteiger partial charge in [0.05, 0.1) is 18.2 Å². The minimum Gasteiger partial charge on any atom is -0.333 e. The van der Waals surface area contributed by atoms with Crippen LogP contribution in [0.2, 0.25) is 0 Å². The highest BCUT2D eigenvalue weighted by atomic mass is 32.1. The van der Waals surface area contributed by atoms with Crippen molar-refractivity contribution in [3.05, 3.63) is 59.1 Å². The van der Waals surface area contributed by atoms with Gasteiger partial charge in [-0.05, 0) is 17.7 Å². The van der Waals surface area contributed by atoms with Gasteiger partial charge in [0.2, 0.25) is 5.91 Å². The standard InChI is InChI=1S/C17H17FN4OS/c18-13-3-1-2-12(8-13)15-10-19-4-5-22(15)16(23)9-14-11-21-6-7-24-17(21)20-14/h1-3,6-8,11,15,19H,4-5,9-10H2. The van der Waals surface area contributed by atoms with Crippen LogP contribution in [-0.2, 0) is 11.2 Å². The van der Waals surface area contributed by atoms with Gasteiger partial charge in [0.25, 0.3) is 0 Å². The van der Waals surface area contributed by atoms with E-state index >= 15 is 0 Å². The molecule has 4 rings (SSSR count). The van der Waals surface area contributed by atoms with Crippen LogP contribution in [-0.4, -0.2) is 39.8 Å². The van der Waals surface area contributed by atoms with Gasteiger partial charge in [-0.1, -0.05) is 12.1 Å². The predicted octanol–water partition coefficient (Wildman–Crippen LogP) is 2.25. The van der Waals surface area contributed by atoms with Crippen LogP contribution in [0.1, 0.15) is 17.3 Å². The molecule has 0 aliphatic carbocycles. The molecular formula is C17H17FN4OS. The van der Waals surface area contributed by atoms with Crippen molar-refractivity contribution in [3.63, 3.8) is 0 Å². The molecule has 0 spiro atoms. The Hall–Kier alpha value is -2.25. The molecule has 0 bridgehead atoms. The smallest absolute Gasteiger partial charge is 0.229 e. The van der Waals surface area contributed by atoms with E-state index in [2.05, 4.69) is 10.3 Å². The quantitative estimate of drug-likeness (QED) is 0.793. The lowest BCUT2D eigenvalue weighted by atomic mass is 10.0. The molecule has 0 saturated carbocycles. The van der Waals surface area contributed by atoms with E-state index < -0.39 is 0 Å². The number of hydrogen-bond acceptors (Lipinski definition) is 4. The fourth-order valence-corrected chi connectivity index (χ4v) is 3.85. The Morgan fingerprint density at radius 3 is 3.21 bits per heavy atom. The third-order valence-corrected chi connectivity index (χ3v) is 5.04. The Bertz CT molecular complexity index is 846. The van der Waals surface area contributed by atoms with Crippen molar-refractivity contribution >= 4 is 22.2 Å². The van der Waals surface area contributed by atoms with E-state index in [1.165, 1.54) is 12.1 Å².